The lowest BCUT2D eigenvalue weighted by Gasteiger charge is -2.18. The van der Waals surface area contributed by atoms with E-state index in [2.05, 4.69) is 57.2 Å². The molecule has 0 aliphatic rings. The Morgan fingerprint density at radius 3 is 0.938 bits per heavy atom. The molecule has 0 rings (SSSR count). The molecule has 0 aromatic rings. The van der Waals surface area contributed by atoms with Gasteiger partial charge in [0.1, 0.15) is 13.2 Å². The van der Waals surface area contributed by atoms with Crippen molar-refractivity contribution in [2.75, 3.05) is 13.2 Å². The lowest BCUT2D eigenvalue weighted by molar-refractivity contribution is -0.167. The largest absolute Gasteiger partial charge is 0.462 e. The van der Waals surface area contributed by atoms with Crippen LogP contribution in [0.4, 0.5) is 0 Å². The van der Waals surface area contributed by atoms with Gasteiger partial charge in [-0.2, -0.15) is 0 Å². The Morgan fingerprint density at radius 2 is 0.600 bits per heavy atom. The van der Waals surface area contributed by atoms with Crippen LogP contribution in [0.15, 0.2) is 36.5 Å². The third kappa shape index (κ3) is 52.5. The molecule has 0 bridgehead atoms. The molecule has 0 spiro atoms. The van der Waals surface area contributed by atoms with Crippen LogP contribution in [0.1, 0.15) is 303 Å². The van der Waals surface area contributed by atoms with E-state index in [1.165, 1.54) is 173 Å². The summed E-state index contributed by atoms with van der Waals surface area (Å²) >= 11 is 0. The van der Waals surface area contributed by atoms with Crippen LogP contribution in [0.25, 0.3) is 0 Å². The fourth-order valence-corrected chi connectivity index (χ4v) is 8.36. The fourth-order valence-electron chi connectivity index (χ4n) is 8.36. The number of esters is 3. The first kappa shape index (κ1) is 62.6. The predicted molar refractivity (Wildman–Crippen MR) is 279 cm³/mol. The smallest absolute Gasteiger partial charge is 0.306 e. The van der Waals surface area contributed by atoms with Gasteiger partial charge in [0.25, 0.3) is 0 Å². The van der Waals surface area contributed by atoms with Crippen LogP contribution in [0.3, 0.4) is 0 Å². The second-order valence-corrected chi connectivity index (χ2v) is 19.2. The van der Waals surface area contributed by atoms with Gasteiger partial charge in [-0.05, 0) is 70.6 Å². The van der Waals surface area contributed by atoms with Crippen LogP contribution in [0.2, 0.25) is 0 Å². The third-order valence-corrected chi connectivity index (χ3v) is 12.6. The minimum atomic E-state index is -0.778. The summed E-state index contributed by atoms with van der Waals surface area (Å²) in [5.41, 5.74) is 0. The zero-order valence-electron chi connectivity index (χ0n) is 43.5. The van der Waals surface area contributed by atoms with E-state index >= 15 is 0 Å². The van der Waals surface area contributed by atoms with Crippen LogP contribution in [-0.2, 0) is 28.6 Å². The lowest BCUT2D eigenvalue weighted by Crippen LogP contribution is -2.30. The van der Waals surface area contributed by atoms with Gasteiger partial charge in [-0.15, -0.1) is 0 Å². The molecule has 0 aliphatic heterocycles. The summed E-state index contributed by atoms with van der Waals surface area (Å²) in [7, 11) is 0. The molecule has 0 heterocycles. The summed E-state index contributed by atoms with van der Waals surface area (Å²) in [6.07, 6.45) is 64.2. The number of allylic oxidation sites excluding steroid dienone is 6. The second kappa shape index (κ2) is 54.2. The topological polar surface area (TPSA) is 78.9 Å². The Labute approximate surface area is 404 Å². The zero-order valence-corrected chi connectivity index (χ0v) is 43.5. The van der Waals surface area contributed by atoms with E-state index in [1.54, 1.807) is 0 Å². The number of hydrogen-bond acceptors (Lipinski definition) is 6. The summed E-state index contributed by atoms with van der Waals surface area (Å²) < 4.78 is 16.8. The van der Waals surface area contributed by atoms with Crippen molar-refractivity contribution in [2.45, 2.75) is 309 Å². The molecule has 0 fully saturated rings. The molecule has 1 unspecified atom stereocenters. The average Bonchev–Trinajstić information content (AvgIpc) is 3.30. The van der Waals surface area contributed by atoms with Crippen molar-refractivity contribution >= 4 is 17.9 Å². The Kier molecular flexibility index (Phi) is 52.3. The Balaban J connectivity index is 4.33. The molecule has 0 aromatic heterocycles. The van der Waals surface area contributed by atoms with E-state index in [4.69, 9.17) is 14.2 Å². The monoisotopic (exact) mass is 913 g/mol. The number of hydrogen-bond donors (Lipinski definition) is 0. The van der Waals surface area contributed by atoms with Gasteiger partial charge in [0.05, 0.1) is 0 Å². The van der Waals surface area contributed by atoms with E-state index in [0.717, 1.165) is 89.9 Å². The van der Waals surface area contributed by atoms with Crippen molar-refractivity contribution < 1.29 is 28.6 Å². The summed E-state index contributed by atoms with van der Waals surface area (Å²) in [5, 5.41) is 0. The fraction of sp³-hybridized carbons (Fsp3) is 0.847. The summed E-state index contributed by atoms with van der Waals surface area (Å²) in [5.74, 6) is -0.884. The highest BCUT2D eigenvalue weighted by Crippen LogP contribution is 2.16. The highest BCUT2D eigenvalue weighted by Gasteiger charge is 2.19. The molecule has 6 nitrogen and oxygen atoms in total. The number of unbranched alkanes of at least 4 members (excludes halogenated alkanes) is 35. The average molecular weight is 914 g/mol. The van der Waals surface area contributed by atoms with Crippen molar-refractivity contribution in [1.82, 2.24) is 0 Å². The molecular formula is C59H108O6. The van der Waals surface area contributed by atoms with E-state index in [9.17, 15) is 14.4 Å². The van der Waals surface area contributed by atoms with Gasteiger partial charge in [-0.3, -0.25) is 14.4 Å². The molecule has 0 aromatic carbocycles. The number of carbonyl (C=O) groups is 3. The number of ether oxygens (including phenoxy) is 3. The van der Waals surface area contributed by atoms with Gasteiger partial charge in [0.15, 0.2) is 6.10 Å². The molecule has 0 aliphatic carbocycles. The van der Waals surface area contributed by atoms with Crippen LogP contribution in [0.5, 0.6) is 0 Å². The second-order valence-electron chi connectivity index (χ2n) is 19.2. The highest BCUT2D eigenvalue weighted by molar-refractivity contribution is 5.71. The normalized spacial score (nSPS) is 12.2. The first-order valence-corrected chi connectivity index (χ1v) is 28.5. The first-order valence-electron chi connectivity index (χ1n) is 28.5. The molecule has 1 atom stereocenters. The molecule has 380 valence electrons. The first-order chi connectivity index (χ1) is 32.0. The van der Waals surface area contributed by atoms with Gasteiger partial charge in [-0.25, -0.2) is 0 Å². The van der Waals surface area contributed by atoms with Gasteiger partial charge < -0.3 is 14.2 Å². The van der Waals surface area contributed by atoms with E-state index in [1.807, 2.05) is 0 Å². The molecule has 0 N–H and O–H groups in total. The summed E-state index contributed by atoms with van der Waals surface area (Å²) in [6.45, 7) is 6.55. The number of rotatable bonds is 52. The molecule has 0 saturated carbocycles. The number of carbonyl (C=O) groups excluding carboxylic acids is 3. The van der Waals surface area contributed by atoms with Gasteiger partial charge >= 0.3 is 17.9 Å². The minimum Gasteiger partial charge on any atom is -0.462 e. The maximum atomic E-state index is 12.8. The van der Waals surface area contributed by atoms with Gasteiger partial charge in [-0.1, -0.05) is 250 Å². The van der Waals surface area contributed by atoms with E-state index in [-0.39, 0.29) is 31.1 Å². The zero-order chi connectivity index (χ0) is 47.2. The van der Waals surface area contributed by atoms with E-state index < -0.39 is 6.10 Å². The SMILES string of the molecule is CC/C=C\C/C=C\CCCCCCCC(=O)OCC(COC(=O)CCCCCCC/C=C\CCCCCCCCCCC)OC(=O)CCCCCCCCCCCCCCCCCCC. The summed E-state index contributed by atoms with van der Waals surface area (Å²) in [6, 6.07) is 0. The Morgan fingerprint density at radius 1 is 0.323 bits per heavy atom. The quantitative estimate of drug-likeness (QED) is 0.0262. The molecule has 0 amide bonds. The van der Waals surface area contributed by atoms with Crippen molar-refractivity contribution in [2.24, 2.45) is 0 Å². The predicted octanol–water partition coefficient (Wildman–Crippen LogP) is 18.9. The van der Waals surface area contributed by atoms with Crippen LogP contribution < -0.4 is 0 Å². The lowest BCUT2D eigenvalue weighted by atomic mass is 10.0. The third-order valence-electron chi connectivity index (χ3n) is 12.6. The maximum Gasteiger partial charge on any atom is 0.306 e. The van der Waals surface area contributed by atoms with Crippen molar-refractivity contribution in [3.05, 3.63) is 36.5 Å². The highest BCUT2D eigenvalue weighted by atomic mass is 16.6. The standard InChI is InChI=1S/C59H108O6/c1-4-7-10-13-16-19-22-25-27-29-31-32-34-37-40-43-46-49-52-58(61)64-55-56(54-63-57(60)51-48-45-42-39-36-24-21-18-15-12-9-6-3)65-59(62)53-50-47-44-41-38-35-33-30-28-26-23-20-17-14-11-8-5-2/h9,12,18,21,31-32,56H,4-8,10-11,13-17,19-20,22-30,33-55H2,1-3H3/b12-9-,21-18-,32-31-. The molecule has 6 heteroatoms. The van der Waals surface area contributed by atoms with Crippen molar-refractivity contribution in [3.8, 4) is 0 Å². The maximum absolute atomic E-state index is 12.8. The van der Waals surface area contributed by atoms with Gasteiger partial charge in [0.2, 0.25) is 0 Å². The van der Waals surface area contributed by atoms with E-state index in [0.29, 0.717) is 19.3 Å². The van der Waals surface area contributed by atoms with Crippen LogP contribution in [0, 0.1) is 0 Å². The molecular weight excluding hydrogens is 805 g/mol. The Hall–Kier alpha value is -2.37. The van der Waals surface area contributed by atoms with Crippen LogP contribution in [-0.4, -0.2) is 37.2 Å². The molecule has 0 saturated heterocycles. The van der Waals surface area contributed by atoms with Crippen molar-refractivity contribution in [3.63, 3.8) is 0 Å². The molecule has 0 radical (unpaired) electrons. The van der Waals surface area contributed by atoms with Gasteiger partial charge in [0, 0.05) is 19.3 Å². The minimum absolute atomic E-state index is 0.0778. The van der Waals surface area contributed by atoms with Crippen LogP contribution >= 0.6 is 0 Å². The summed E-state index contributed by atoms with van der Waals surface area (Å²) in [4.78, 5) is 38.1. The molecule has 65 heavy (non-hydrogen) atoms. The van der Waals surface area contributed by atoms with Crippen molar-refractivity contribution in [1.29, 1.82) is 0 Å². The Bertz CT molecular complexity index is 1090.